The normalized spacial score (nSPS) is 9.86. The molecule has 76 valence electrons. The van der Waals surface area contributed by atoms with Gasteiger partial charge in [0, 0.05) is 4.43 Å². The van der Waals surface area contributed by atoms with Crippen LogP contribution in [0.4, 0.5) is 0 Å². The summed E-state index contributed by atoms with van der Waals surface area (Å²) in [5, 5.41) is 2.78. The molecule has 1 N–H and O–H groups in total. The summed E-state index contributed by atoms with van der Waals surface area (Å²) in [6.07, 6.45) is 0.480. The molecule has 1 amide bonds. The molecule has 1 rings (SSSR count). The predicted octanol–water partition coefficient (Wildman–Crippen LogP) is 2.67. The number of carbonyl (C=O) groups excluding carboxylic acids is 1. The summed E-state index contributed by atoms with van der Waals surface area (Å²) in [7, 11) is 0. The first-order valence-electron chi connectivity index (χ1n) is 4.22. The molecule has 0 heterocycles. The number of halogens is 2. The molecular formula is C10H11I2NO. The van der Waals surface area contributed by atoms with Crippen LogP contribution in [0.3, 0.4) is 0 Å². The van der Waals surface area contributed by atoms with Crippen molar-refractivity contribution >= 4 is 51.1 Å². The van der Waals surface area contributed by atoms with Crippen LogP contribution in [0.2, 0.25) is 0 Å². The molecule has 0 bridgehead atoms. The Hall–Kier alpha value is 0.150. The minimum Gasteiger partial charge on any atom is -0.347 e. The van der Waals surface area contributed by atoms with Crippen molar-refractivity contribution in [3.8, 4) is 0 Å². The first-order valence-corrected chi connectivity index (χ1v) is 7.28. The van der Waals surface area contributed by atoms with Gasteiger partial charge >= 0.3 is 0 Å². The number of rotatable bonds is 4. The molecule has 0 spiro atoms. The van der Waals surface area contributed by atoms with E-state index in [9.17, 15) is 4.79 Å². The molecule has 0 aliphatic rings. The van der Waals surface area contributed by atoms with Crippen molar-refractivity contribution in [2.24, 2.45) is 0 Å². The minimum atomic E-state index is 0.0880. The van der Waals surface area contributed by atoms with Crippen LogP contribution in [0.15, 0.2) is 24.3 Å². The molecular weight excluding hydrogens is 404 g/mol. The van der Waals surface area contributed by atoms with Crippen LogP contribution in [0.25, 0.3) is 0 Å². The fraction of sp³-hybridized carbons (Fsp3) is 0.300. The van der Waals surface area contributed by atoms with Crippen molar-refractivity contribution in [3.63, 3.8) is 0 Å². The van der Waals surface area contributed by atoms with Gasteiger partial charge in [-0.15, -0.1) is 0 Å². The highest BCUT2D eigenvalue weighted by Crippen LogP contribution is 2.09. The van der Waals surface area contributed by atoms with Crippen LogP contribution in [0.1, 0.15) is 11.1 Å². The Labute approximate surface area is 111 Å². The van der Waals surface area contributed by atoms with Crippen molar-refractivity contribution in [2.45, 2.75) is 10.8 Å². The van der Waals surface area contributed by atoms with E-state index in [0.717, 1.165) is 9.99 Å². The number of hydrogen-bond acceptors (Lipinski definition) is 1. The van der Waals surface area contributed by atoms with Gasteiger partial charge in [0.1, 0.15) is 0 Å². The van der Waals surface area contributed by atoms with E-state index in [1.807, 2.05) is 12.1 Å². The Kier molecular flexibility index (Phi) is 5.76. The zero-order valence-electron chi connectivity index (χ0n) is 7.59. The van der Waals surface area contributed by atoms with Gasteiger partial charge in [-0.2, -0.15) is 0 Å². The van der Waals surface area contributed by atoms with Crippen molar-refractivity contribution in [2.75, 3.05) is 4.55 Å². The molecule has 0 aliphatic carbocycles. The van der Waals surface area contributed by atoms with Crippen LogP contribution in [-0.2, 0) is 15.6 Å². The highest BCUT2D eigenvalue weighted by Gasteiger charge is 2.02. The highest BCUT2D eigenvalue weighted by molar-refractivity contribution is 14.1. The average Bonchev–Trinajstić information content (AvgIpc) is 2.18. The number of alkyl halides is 2. The number of benzene rings is 1. The zero-order valence-corrected chi connectivity index (χ0v) is 11.9. The standard InChI is InChI=1S/C10H11I2NO/c11-6-9-3-1-2-8(4-9)5-10(14)13-7-12/h1-4H,5-7H2,(H,13,14). The van der Waals surface area contributed by atoms with E-state index in [1.54, 1.807) is 0 Å². The van der Waals surface area contributed by atoms with Crippen molar-refractivity contribution in [1.82, 2.24) is 5.32 Å². The van der Waals surface area contributed by atoms with Gasteiger partial charge in [-0.1, -0.05) is 69.4 Å². The summed E-state index contributed by atoms with van der Waals surface area (Å²) in [5.74, 6) is 0.0880. The van der Waals surface area contributed by atoms with Crippen LogP contribution < -0.4 is 5.32 Å². The van der Waals surface area contributed by atoms with E-state index in [0.29, 0.717) is 11.0 Å². The summed E-state index contributed by atoms with van der Waals surface area (Å²) in [4.78, 5) is 11.3. The van der Waals surface area contributed by atoms with E-state index in [1.165, 1.54) is 5.56 Å². The molecule has 1 aromatic rings. The third-order valence-corrected chi connectivity index (χ3v) is 3.04. The van der Waals surface area contributed by atoms with Gasteiger partial charge in [-0.3, -0.25) is 4.79 Å². The Bertz CT molecular complexity index is 315. The largest absolute Gasteiger partial charge is 0.347 e. The molecule has 0 aliphatic heterocycles. The molecule has 4 heteroatoms. The topological polar surface area (TPSA) is 29.1 Å². The number of hydrogen-bond donors (Lipinski definition) is 1. The summed E-state index contributed by atoms with van der Waals surface area (Å²) >= 11 is 4.44. The minimum absolute atomic E-state index is 0.0880. The van der Waals surface area contributed by atoms with Gasteiger partial charge in [0.2, 0.25) is 5.91 Å². The summed E-state index contributed by atoms with van der Waals surface area (Å²) in [6.45, 7) is 0. The fourth-order valence-electron chi connectivity index (χ4n) is 1.15. The van der Waals surface area contributed by atoms with E-state index < -0.39 is 0 Å². The molecule has 0 saturated heterocycles. The fourth-order valence-corrected chi connectivity index (χ4v) is 2.05. The lowest BCUT2D eigenvalue weighted by Gasteiger charge is -2.03. The van der Waals surface area contributed by atoms with E-state index >= 15 is 0 Å². The lowest BCUT2D eigenvalue weighted by molar-refractivity contribution is -0.120. The first kappa shape index (κ1) is 12.2. The molecule has 14 heavy (non-hydrogen) atoms. The smallest absolute Gasteiger partial charge is 0.225 e. The first-order chi connectivity index (χ1) is 6.76. The van der Waals surface area contributed by atoms with Gasteiger partial charge in [0.05, 0.1) is 11.0 Å². The maximum Gasteiger partial charge on any atom is 0.225 e. The van der Waals surface area contributed by atoms with Gasteiger partial charge in [-0.05, 0) is 11.1 Å². The second-order valence-electron chi connectivity index (χ2n) is 2.86. The Morgan fingerprint density at radius 2 is 2.00 bits per heavy atom. The van der Waals surface area contributed by atoms with E-state index in [2.05, 4.69) is 62.6 Å². The number of amides is 1. The van der Waals surface area contributed by atoms with Gasteiger partial charge in [-0.25, -0.2) is 0 Å². The summed E-state index contributed by atoms with van der Waals surface area (Å²) in [6, 6.07) is 8.15. The predicted molar refractivity (Wildman–Crippen MR) is 74.9 cm³/mol. The lowest BCUT2D eigenvalue weighted by Crippen LogP contribution is -2.23. The maximum atomic E-state index is 11.3. The number of nitrogens with one attached hydrogen (secondary N) is 1. The van der Waals surface area contributed by atoms with Crippen LogP contribution >= 0.6 is 45.2 Å². The third kappa shape index (κ3) is 4.12. The monoisotopic (exact) mass is 415 g/mol. The molecule has 0 saturated carbocycles. The zero-order chi connectivity index (χ0) is 10.4. The Morgan fingerprint density at radius 1 is 1.29 bits per heavy atom. The quantitative estimate of drug-likeness (QED) is 0.458. The second kappa shape index (κ2) is 6.60. The molecule has 1 aromatic carbocycles. The van der Waals surface area contributed by atoms with E-state index in [-0.39, 0.29) is 5.91 Å². The van der Waals surface area contributed by atoms with E-state index in [4.69, 9.17) is 0 Å². The van der Waals surface area contributed by atoms with Crippen LogP contribution in [0, 0.1) is 0 Å². The third-order valence-electron chi connectivity index (χ3n) is 1.77. The molecule has 0 aromatic heterocycles. The van der Waals surface area contributed by atoms with Crippen LogP contribution in [-0.4, -0.2) is 10.5 Å². The molecule has 0 atom stereocenters. The van der Waals surface area contributed by atoms with Crippen LogP contribution in [0.5, 0.6) is 0 Å². The summed E-state index contributed by atoms with van der Waals surface area (Å²) < 4.78 is 1.65. The summed E-state index contributed by atoms with van der Waals surface area (Å²) in [5.41, 5.74) is 2.35. The molecule has 2 nitrogen and oxygen atoms in total. The van der Waals surface area contributed by atoms with Gasteiger partial charge in [0.25, 0.3) is 0 Å². The highest BCUT2D eigenvalue weighted by atomic mass is 127. The second-order valence-corrected chi connectivity index (χ2v) is 4.39. The van der Waals surface area contributed by atoms with Crippen molar-refractivity contribution in [1.29, 1.82) is 0 Å². The van der Waals surface area contributed by atoms with Crippen molar-refractivity contribution in [3.05, 3.63) is 35.4 Å². The van der Waals surface area contributed by atoms with Gasteiger partial charge in [0.15, 0.2) is 0 Å². The average molecular weight is 415 g/mol. The lowest BCUT2D eigenvalue weighted by atomic mass is 10.1. The molecule has 0 fully saturated rings. The Morgan fingerprint density at radius 3 is 2.64 bits per heavy atom. The maximum absolute atomic E-state index is 11.3. The molecule has 0 radical (unpaired) electrons. The molecule has 0 unspecified atom stereocenters. The number of carbonyl (C=O) groups is 1. The SMILES string of the molecule is O=C(Cc1cccc(CI)c1)NCI. The van der Waals surface area contributed by atoms with Crippen molar-refractivity contribution < 1.29 is 4.79 Å². The van der Waals surface area contributed by atoms with Gasteiger partial charge < -0.3 is 5.32 Å². The Balaban J connectivity index is 2.62.